The zero-order chi connectivity index (χ0) is 14.4. The van der Waals surface area contributed by atoms with Gasteiger partial charge in [-0.15, -0.1) is 0 Å². The monoisotopic (exact) mass is 335 g/mol. The Morgan fingerprint density at radius 1 is 1.05 bits per heavy atom. The second-order valence-corrected chi connectivity index (χ2v) is 4.80. The van der Waals surface area contributed by atoms with Crippen molar-refractivity contribution < 1.29 is 13.9 Å². The van der Waals surface area contributed by atoms with Crippen LogP contribution in [0.2, 0.25) is 0 Å². The maximum Gasteiger partial charge on any atom is 0.165 e. The first-order valence-electron chi connectivity index (χ1n) is 5.90. The molecule has 0 bridgehead atoms. The number of ether oxygens (including phenoxy) is 2. The molecule has 0 N–H and O–H groups in total. The third-order valence-corrected chi connectivity index (χ3v) is 2.99. The molecule has 2 aromatic carbocycles. The molecule has 2 aromatic rings. The largest absolute Gasteiger partial charge is 0.489 e. The van der Waals surface area contributed by atoms with Gasteiger partial charge < -0.3 is 9.47 Å². The lowest BCUT2D eigenvalue weighted by atomic mass is 10.2. The van der Waals surface area contributed by atoms with Gasteiger partial charge in [-0.05, 0) is 30.3 Å². The Morgan fingerprint density at radius 2 is 1.75 bits per heavy atom. The van der Waals surface area contributed by atoms with E-state index in [1.54, 1.807) is 36.4 Å². The standard InChI is InChI=1S/C15H11BrFNO2/c16-12-5-6-13(17)15(9-12)20-8-7-19-14-4-2-1-3-11(14)10-18/h1-6,9H,7-8H2. The molecule has 102 valence electrons. The molecule has 0 heterocycles. The normalized spacial score (nSPS) is 9.85. The van der Waals surface area contributed by atoms with Gasteiger partial charge in [0.2, 0.25) is 0 Å². The first kappa shape index (κ1) is 14.4. The van der Waals surface area contributed by atoms with Gasteiger partial charge in [-0.1, -0.05) is 28.1 Å². The minimum atomic E-state index is -0.425. The molecule has 0 aliphatic carbocycles. The smallest absolute Gasteiger partial charge is 0.165 e. The van der Waals surface area contributed by atoms with Crippen molar-refractivity contribution in [1.82, 2.24) is 0 Å². The fraction of sp³-hybridized carbons (Fsp3) is 0.133. The topological polar surface area (TPSA) is 42.2 Å². The average Bonchev–Trinajstić information content (AvgIpc) is 2.47. The van der Waals surface area contributed by atoms with Crippen LogP contribution >= 0.6 is 15.9 Å². The molecule has 2 rings (SSSR count). The molecule has 0 saturated heterocycles. The van der Waals surface area contributed by atoms with Crippen molar-refractivity contribution in [2.75, 3.05) is 13.2 Å². The summed E-state index contributed by atoms with van der Waals surface area (Å²) in [5.74, 6) is 0.232. The van der Waals surface area contributed by atoms with Crippen molar-refractivity contribution in [3.05, 3.63) is 58.3 Å². The second-order valence-electron chi connectivity index (χ2n) is 3.88. The van der Waals surface area contributed by atoms with Crippen LogP contribution in [0.5, 0.6) is 11.5 Å². The Morgan fingerprint density at radius 3 is 2.50 bits per heavy atom. The van der Waals surface area contributed by atoms with Crippen molar-refractivity contribution in [2.24, 2.45) is 0 Å². The maximum atomic E-state index is 13.4. The molecule has 3 nitrogen and oxygen atoms in total. The zero-order valence-electron chi connectivity index (χ0n) is 10.5. The molecule has 0 aliphatic heterocycles. The summed E-state index contributed by atoms with van der Waals surface area (Å²) in [5.41, 5.74) is 0.459. The quantitative estimate of drug-likeness (QED) is 0.778. The molecule has 0 aliphatic rings. The Hall–Kier alpha value is -2.06. The lowest BCUT2D eigenvalue weighted by Gasteiger charge is -2.10. The van der Waals surface area contributed by atoms with Gasteiger partial charge in [0.25, 0.3) is 0 Å². The van der Waals surface area contributed by atoms with Crippen molar-refractivity contribution in [3.63, 3.8) is 0 Å². The van der Waals surface area contributed by atoms with Crippen LogP contribution in [0.1, 0.15) is 5.56 Å². The summed E-state index contributed by atoms with van der Waals surface area (Å²) in [6.45, 7) is 0.414. The Bertz CT molecular complexity index is 640. The third-order valence-electron chi connectivity index (χ3n) is 2.50. The van der Waals surface area contributed by atoms with Gasteiger partial charge in [0, 0.05) is 4.47 Å². The fourth-order valence-corrected chi connectivity index (χ4v) is 1.92. The van der Waals surface area contributed by atoms with E-state index >= 15 is 0 Å². The van der Waals surface area contributed by atoms with Crippen molar-refractivity contribution in [2.45, 2.75) is 0 Å². The van der Waals surface area contributed by atoms with Crippen LogP contribution in [0, 0.1) is 17.1 Å². The molecular formula is C15H11BrFNO2. The van der Waals surface area contributed by atoms with Crippen LogP contribution < -0.4 is 9.47 Å². The SMILES string of the molecule is N#Cc1ccccc1OCCOc1cc(Br)ccc1F. The summed E-state index contributed by atoms with van der Waals surface area (Å²) in [7, 11) is 0. The van der Waals surface area contributed by atoms with Gasteiger partial charge in [-0.25, -0.2) is 4.39 Å². The van der Waals surface area contributed by atoms with E-state index in [-0.39, 0.29) is 19.0 Å². The first-order valence-corrected chi connectivity index (χ1v) is 6.70. The first-order chi connectivity index (χ1) is 9.70. The van der Waals surface area contributed by atoms with Crippen LogP contribution in [0.3, 0.4) is 0 Å². The van der Waals surface area contributed by atoms with E-state index in [2.05, 4.69) is 15.9 Å². The van der Waals surface area contributed by atoms with E-state index < -0.39 is 5.82 Å². The third kappa shape index (κ3) is 3.72. The summed E-state index contributed by atoms with van der Waals surface area (Å²) in [5, 5.41) is 8.90. The molecule has 0 unspecified atom stereocenters. The van der Waals surface area contributed by atoms with Crippen LogP contribution in [0.25, 0.3) is 0 Å². The average molecular weight is 336 g/mol. The number of halogens is 2. The minimum Gasteiger partial charge on any atom is -0.489 e. The lowest BCUT2D eigenvalue weighted by molar-refractivity contribution is 0.211. The number of nitrogens with zero attached hydrogens (tertiary/aromatic N) is 1. The van der Waals surface area contributed by atoms with E-state index in [4.69, 9.17) is 14.7 Å². The van der Waals surface area contributed by atoms with Crippen molar-refractivity contribution >= 4 is 15.9 Å². The van der Waals surface area contributed by atoms with Gasteiger partial charge >= 0.3 is 0 Å². The highest BCUT2D eigenvalue weighted by molar-refractivity contribution is 9.10. The van der Waals surface area contributed by atoms with Crippen LogP contribution in [-0.4, -0.2) is 13.2 Å². The highest BCUT2D eigenvalue weighted by atomic mass is 79.9. The molecule has 0 aromatic heterocycles. The number of hydrogen-bond donors (Lipinski definition) is 0. The highest BCUT2D eigenvalue weighted by Gasteiger charge is 2.05. The Labute approximate surface area is 124 Å². The molecule has 5 heteroatoms. The summed E-state index contributed by atoms with van der Waals surface area (Å²) >= 11 is 3.25. The van der Waals surface area contributed by atoms with Crippen molar-refractivity contribution in [1.29, 1.82) is 5.26 Å². The second kappa shape index (κ2) is 6.92. The van der Waals surface area contributed by atoms with Gasteiger partial charge in [-0.3, -0.25) is 0 Å². The molecular weight excluding hydrogens is 325 g/mol. The van der Waals surface area contributed by atoms with Crippen LogP contribution in [0.4, 0.5) is 4.39 Å². The fourth-order valence-electron chi connectivity index (χ4n) is 1.58. The van der Waals surface area contributed by atoms with E-state index in [0.29, 0.717) is 11.3 Å². The van der Waals surface area contributed by atoms with Crippen LogP contribution in [0.15, 0.2) is 46.9 Å². The van der Waals surface area contributed by atoms with Gasteiger partial charge in [0.1, 0.15) is 25.0 Å². The molecule has 20 heavy (non-hydrogen) atoms. The van der Waals surface area contributed by atoms with Gasteiger partial charge in [-0.2, -0.15) is 5.26 Å². The molecule has 0 fully saturated rings. The Kier molecular flexibility index (Phi) is 4.97. The maximum absolute atomic E-state index is 13.4. The van der Waals surface area contributed by atoms with E-state index in [1.807, 2.05) is 6.07 Å². The van der Waals surface area contributed by atoms with E-state index in [0.717, 1.165) is 4.47 Å². The molecule has 0 amide bonds. The van der Waals surface area contributed by atoms with Gasteiger partial charge in [0.15, 0.2) is 11.6 Å². The number of para-hydroxylation sites is 1. The summed E-state index contributed by atoms with van der Waals surface area (Å²) in [4.78, 5) is 0. The van der Waals surface area contributed by atoms with Crippen LogP contribution in [-0.2, 0) is 0 Å². The number of rotatable bonds is 5. The number of nitriles is 1. The number of hydrogen-bond acceptors (Lipinski definition) is 3. The highest BCUT2D eigenvalue weighted by Crippen LogP contribution is 2.22. The Balaban J connectivity index is 1.88. The summed E-state index contributed by atoms with van der Waals surface area (Å²) in [6, 6.07) is 13.4. The summed E-state index contributed by atoms with van der Waals surface area (Å²) < 4.78 is 24.9. The van der Waals surface area contributed by atoms with E-state index in [1.165, 1.54) is 6.07 Å². The molecule has 0 spiro atoms. The number of benzene rings is 2. The predicted octanol–water partition coefficient (Wildman–Crippen LogP) is 3.92. The zero-order valence-corrected chi connectivity index (χ0v) is 12.1. The lowest BCUT2D eigenvalue weighted by Crippen LogP contribution is -2.10. The molecule has 0 saturated carbocycles. The van der Waals surface area contributed by atoms with Crippen molar-refractivity contribution in [3.8, 4) is 17.6 Å². The van der Waals surface area contributed by atoms with Gasteiger partial charge in [0.05, 0.1) is 5.56 Å². The van der Waals surface area contributed by atoms with E-state index in [9.17, 15) is 4.39 Å². The predicted molar refractivity (Wildman–Crippen MR) is 76.2 cm³/mol. The molecule has 0 atom stereocenters. The molecule has 0 radical (unpaired) electrons. The minimum absolute atomic E-state index is 0.163. The summed E-state index contributed by atoms with van der Waals surface area (Å²) in [6.07, 6.45) is 0.